The Morgan fingerprint density at radius 1 is 1.03 bits per heavy atom. The van der Waals surface area contributed by atoms with Gasteiger partial charge in [0.1, 0.15) is 0 Å². The number of nitrogens with one attached hydrogen (secondary N) is 4. The normalized spacial score (nSPS) is 15.5. The second-order valence-electron chi connectivity index (χ2n) is 8.07. The van der Waals surface area contributed by atoms with E-state index in [4.69, 9.17) is 0 Å². The maximum absolute atomic E-state index is 12.6. The van der Waals surface area contributed by atoms with E-state index in [0.717, 1.165) is 53.6 Å². The summed E-state index contributed by atoms with van der Waals surface area (Å²) in [5.41, 5.74) is 4.34. The number of carbonyl (C=O) groups is 1. The number of pyridine rings is 1. The van der Waals surface area contributed by atoms with Crippen LogP contribution < -0.4 is 16.2 Å². The number of likely N-dealkylation sites (tertiary alicyclic amines) is 1. The molecule has 1 fully saturated rings. The van der Waals surface area contributed by atoms with Gasteiger partial charge < -0.3 is 25.5 Å². The molecule has 0 saturated carbocycles. The zero-order valence-corrected chi connectivity index (χ0v) is 19.4. The summed E-state index contributed by atoms with van der Waals surface area (Å²) >= 11 is 0. The van der Waals surface area contributed by atoms with Gasteiger partial charge in [-0.15, -0.1) is 0 Å². The largest absolute Gasteiger partial charge is 0.354 e. The number of amides is 2. The Balaban J connectivity index is 0.00000126. The summed E-state index contributed by atoms with van der Waals surface area (Å²) in [4.78, 5) is 32.5. The van der Waals surface area contributed by atoms with Gasteiger partial charge in [0.05, 0.1) is 11.3 Å². The fourth-order valence-corrected chi connectivity index (χ4v) is 4.32. The summed E-state index contributed by atoms with van der Waals surface area (Å²) in [6.07, 6.45) is 0.953. The molecule has 7 heteroatoms. The summed E-state index contributed by atoms with van der Waals surface area (Å²) in [6.45, 7) is 6.23. The maximum atomic E-state index is 12.6. The molecule has 172 valence electrons. The van der Waals surface area contributed by atoms with Gasteiger partial charge in [0.2, 0.25) is 0 Å². The lowest BCUT2D eigenvalue weighted by Crippen LogP contribution is -2.39. The lowest BCUT2D eigenvalue weighted by molar-refractivity contribution is 0.210. The standard InChI is InChI=1S/C24H25N5O2.C2H6/c1-25-24(31)29-9-8-18(14-29)26-13-15-6-7-21-17(10-15)12-22(27-21)19-11-16-4-2-3-5-20(16)28-23(19)30;1-2/h2-7,10-12,18,26-27H,8-9,13-14H2,1H3,(H,25,31)(H,28,30);1-2H3. The summed E-state index contributed by atoms with van der Waals surface area (Å²) in [7, 11) is 1.66. The number of carbonyl (C=O) groups excluding carboxylic acids is 1. The van der Waals surface area contributed by atoms with Crippen molar-refractivity contribution >= 4 is 27.8 Å². The van der Waals surface area contributed by atoms with Crippen LogP contribution in [0.1, 0.15) is 25.8 Å². The van der Waals surface area contributed by atoms with Crippen LogP contribution in [0, 0.1) is 0 Å². The fourth-order valence-electron chi connectivity index (χ4n) is 4.32. The predicted molar refractivity (Wildman–Crippen MR) is 134 cm³/mol. The van der Waals surface area contributed by atoms with Crippen molar-refractivity contribution in [2.45, 2.75) is 32.9 Å². The number of hydrogen-bond acceptors (Lipinski definition) is 3. The number of rotatable bonds is 4. The van der Waals surface area contributed by atoms with Crippen LogP contribution in [-0.4, -0.2) is 47.1 Å². The van der Waals surface area contributed by atoms with Gasteiger partial charge in [-0.1, -0.05) is 38.1 Å². The van der Waals surface area contributed by atoms with Crippen LogP contribution in [0.15, 0.2) is 59.4 Å². The highest BCUT2D eigenvalue weighted by atomic mass is 16.2. The molecule has 0 bridgehead atoms. The lowest BCUT2D eigenvalue weighted by Gasteiger charge is -2.16. The first-order chi connectivity index (χ1) is 16.1. The van der Waals surface area contributed by atoms with Crippen LogP contribution in [0.2, 0.25) is 0 Å². The number of benzene rings is 2. The molecule has 3 heterocycles. The van der Waals surface area contributed by atoms with Crippen LogP contribution >= 0.6 is 0 Å². The van der Waals surface area contributed by atoms with Crippen molar-refractivity contribution in [1.29, 1.82) is 0 Å². The van der Waals surface area contributed by atoms with Gasteiger partial charge in [-0.05, 0) is 47.7 Å². The molecule has 1 saturated heterocycles. The molecule has 2 aromatic heterocycles. The van der Waals surface area contributed by atoms with Crippen molar-refractivity contribution in [3.05, 3.63) is 70.5 Å². The van der Waals surface area contributed by atoms with Gasteiger partial charge in [0.15, 0.2) is 0 Å². The summed E-state index contributed by atoms with van der Waals surface area (Å²) in [5.74, 6) is 0. The van der Waals surface area contributed by atoms with Gasteiger partial charge in [0, 0.05) is 49.1 Å². The number of nitrogens with zero attached hydrogens (tertiary/aromatic N) is 1. The molecule has 1 unspecified atom stereocenters. The SMILES string of the molecule is CC.CNC(=O)N1CCC(NCc2ccc3[nH]c(-c4cc5ccccc5[nH]c4=O)cc3c2)C1. The molecular formula is C26H31N5O2. The van der Waals surface area contributed by atoms with Crippen LogP contribution in [0.3, 0.4) is 0 Å². The number of aromatic nitrogens is 2. The molecule has 5 rings (SSSR count). The number of fused-ring (bicyclic) bond motifs is 2. The van der Waals surface area contributed by atoms with Crippen LogP contribution in [0.5, 0.6) is 0 Å². The van der Waals surface area contributed by atoms with Crippen LogP contribution in [0.4, 0.5) is 4.79 Å². The second kappa shape index (κ2) is 9.92. The Hall–Kier alpha value is -3.58. The van der Waals surface area contributed by atoms with Crippen LogP contribution in [-0.2, 0) is 6.54 Å². The quantitative estimate of drug-likeness (QED) is 0.379. The minimum Gasteiger partial charge on any atom is -0.354 e. The van der Waals surface area contributed by atoms with E-state index in [9.17, 15) is 9.59 Å². The number of H-pyrrole nitrogens is 2. The second-order valence-corrected chi connectivity index (χ2v) is 8.07. The molecule has 4 aromatic rings. The topological polar surface area (TPSA) is 93.0 Å². The van der Waals surface area contributed by atoms with Gasteiger partial charge >= 0.3 is 6.03 Å². The smallest absolute Gasteiger partial charge is 0.317 e. The summed E-state index contributed by atoms with van der Waals surface area (Å²) in [6, 6.07) is 18.3. The molecule has 2 amide bonds. The molecule has 33 heavy (non-hydrogen) atoms. The number of urea groups is 1. The predicted octanol–water partition coefficient (Wildman–Crippen LogP) is 4.21. The highest BCUT2D eigenvalue weighted by molar-refractivity contribution is 5.89. The number of aromatic amines is 2. The first kappa shape index (κ1) is 22.6. The van der Waals surface area contributed by atoms with E-state index < -0.39 is 0 Å². The first-order valence-corrected chi connectivity index (χ1v) is 11.5. The number of hydrogen-bond donors (Lipinski definition) is 4. The third kappa shape index (κ3) is 4.78. The number of para-hydroxylation sites is 1. The average molecular weight is 446 g/mol. The van der Waals surface area contributed by atoms with E-state index in [0.29, 0.717) is 11.6 Å². The minimum atomic E-state index is -0.103. The fraction of sp³-hybridized carbons (Fsp3) is 0.308. The Morgan fingerprint density at radius 2 is 1.82 bits per heavy atom. The Bertz CT molecular complexity index is 1320. The molecule has 7 nitrogen and oxygen atoms in total. The Morgan fingerprint density at radius 3 is 2.64 bits per heavy atom. The molecule has 1 atom stereocenters. The Labute approximate surface area is 193 Å². The Kier molecular flexibility index (Phi) is 6.79. The van der Waals surface area contributed by atoms with Crippen molar-refractivity contribution in [2.24, 2.45) is 0 Å². The van der Waals surface area contributed by atoms with E-state index in [1.165, 1.54) is 5.56 Å². The maximum Gasteiger partial charge on any atom is 0.317 e. The van der Waals surface area contributed by atoms with Crippen molar-refractivity contribution in [3.8, 4) is 11.3 Å². The van der Waals surface area contributed by atoms with Crippen molar-refractivity contribution < 1.29 is 4.79 Å². The first-order valence-electron chi connectivity index (χ1n) is 11.5. The zero-order chi connectivity index (χ0) is 23.4. The molecule has 2 aromatic carbocycles. The van der Waals surface area contributed by atoms with E-state index in [1.54, 1.807) is 7.05 Å². The van der Waals surface area contributed by atoms with Crippen molar-refractivity contribution in [1.82, 2.24) is 25.5 Å². The van der Waals surface area contributed by atoms with Gasteiger partial charge in [-0.25, -0.2) is 4.79 Å². The molecule has 0 radical (unpaired) electrons. The monoisotopic (exact) mass is 445 g/mol. The van der Waals surface area contributed by atoms with Gasteiger partial charge in [-0.2, -0.15) is 0 Å². The van der Waals surface area contributed by atoms with E-state index in [-0.39, 0.29) is 11.6 Å². The third-order valence-corrected chi connectivity index (χ3v) is 6.01. The minimum absolute atomic E-state index is 0.0192. The molecule has 4 N–H and O–H groups in total. The average Bonchev–Trinajstić information content (AvgIpc) is 3.50. The van der Waals surface area contributed by atoms with E-state index in [1.807, 2.05) is 55.1 Å². The molecular weight excluding hydrogens is 414 g/mol. The highest BCUT2D eigenvalue weighted by Gasteiger charge is 2.25. The van der Waals surface area contributed by atoms with Gasteiger partial charge in [-0.3, -0.25) is 4.79 Å². The van der Waals surface area contributed by atoms with Crippen molar-refractivity contribution in [2.75, 3.05) is 20.1 Å². The third-order valence-electron chi connectivity index (χ3n) is 6.01. The summed E-state index contributed by atoms with van der Waals surface area (Å²) < 4.78 is 0. The summed E-state index contributed by atoms with van der Waals surface area (Å²) in [5, 5.41) is 8.31. The highest BCUT2D eigenvalue weighted by Crippen LogP contribution is 2.25. The molecule has 0 aliphatic carbocycles. The molecule has 0 spiro atoms. The van der Waals surface area contributed by atoms with Gasteiger partial charge in [0.25, 0.3) is 5.56 Å². The van der Waals surface area contributed by atoms with E-state index in [2.05, 4.69) is 38.8 Å². The lowest BCUT2D eigenvalue weighted by atomic mass is 10.1. The molecule has 1 aliphatic rings. The van der Waals surface area contributed by atoms with Crippen LogP contribution in [0.25, 0.3) is 33.1 Å². The van der Waals surface area contributed by atoms with E-state index >= 15 is 0 Å². The zero-order valence-electron chi connectivity index (χ0n) is 19.4. The molecule has 1 aliphatic heterocycles. The van der Waals surface area contributed by atoms with Crippen molar-refractivity contribution in [3.63, 3.8) is 0 Å².